The minimum absolute atomic E-state index is 0.305. The summed E-state index contributed by atoms with van der Waals surface area (Å²) < 4.78 is 8.41. The molecule has 1 saturated carbocycles. The topological polar surface area (TPSA) is 78.1 Å². The van der Waals surface area contributed by atoms with E-state index in [1.165, 1.54) is 18.6 Å². The van der Waals surface area contributed by atoms with E-state index in [1.54, 1.807) is 0 Å². The molecule has 2 rings (SSSR count). The summed E-state index contributed by atoms with van der Waals surface area (Å²) >= 11 is 1.27. The Kier molecular flexibility index (Phi) is 2.24. The SMILES string of the molecule is COC(=O)C(N)C1(c2csnn2)CC1. The van der Waals surface area contributed by atoms with Gasteiger partial charge in [-0.15, -0.1) is 5.10 Å². The van der Waals surface area contributed by atoms with Gasteiger partial charge in [-0.3, -0.25) is 4.79 Å². The zero-order chi connectivity index (χ0) is 10.2. The third-order valence-corrected chi connectivity index (χ3v) is 3.21. The zero-order valence-electron chi connectivity index (χ0n) is 7.77. The average molecular weight is 213 g/mol. The second-order valence-electron chi connectivity index (χ2n) is 3.45. The van der Waals surface area contributed by atoms with Gasteiger partial charge in [0.15, 0.2) is 0 Å². The van der Waals surface area contributed by atoms with Crippen molar-refractivity contribution >= 4 is 17.5 Å². The van der Waals surface area contributed by atoms with Crippen LogP contribution in [0.1, 0.15) is 18.5 Å². The van der Waals surface area contributed by atoms with E-state index in [-0.39, 0.29) is 11.4 Å². The van der Waals surface area contributed by atoms with Gasteiger partial charge < -0.3 is 10.5 Å². The first-order chi connectivity index (χ1) is 6.70. The predicted molar refractivity (Wildman–Crippen MR) is 50.8 cm³/mol. The molecule has 0 spiro atoms. The normalized spacial score (nSPS) is 20.1. The molecule has 76 valence electrons. The van der Waals surface area contributed by atoms with Crippen LogP contribution in [-0.2, 0) is 14.9 Å². The van der Waals surface area contributed by atoms with Crippen LogP contribution >= 0.6 is 11.5 Å². The Labute approximate surface area is 85.4 Å². The first-order valence-corrected chi connectivity index (χ1v) is 5.15. The number of ether oxygens (including phenoxy) is 1. The molecule has 14 heavy (non-hydrogen) atoms. The maximum atomic E-state index is 11.3. The van der Waals surface area contributed by atoms with Crippen LogP contribution in [0.2, 0.25) is 0 Å². The molecule has 1 fully saturated rings. The van der Waals surface area contributed by atoms with Gasteiger partial charge in [-0.25, -0.2) is 0 Å². The predicted octanol–water partition coefficient (Wildman–Crippen LogP) is 0.0700. The third-order valence-electron chi connectivity index (χ3n) is 2.71. The summed E-state index contributed by atoms with van der Waals surface area (Å²) in [6.07, 6.45) is 1.77. The first kappa shape index (κ1) is 9.54. The Morgan fingerprint density at radius 1 is 1.79 bits per heavy atom. The summed E-state index contributed by atoms with van der Waals surface area (Å²) in [5, 5.41) is 5.81. The number of carbonyl (C=O) groups excluding carboxylic acids is 1. The molecular formula is C8H11N3O2S. The molecule has 0 aromatic carbocycles. The van der Waals surface area contributed by atoms with E-state index in [2.05, 4.69) is 14.3 Å². The fourth-order valence-corrected chi connectivity index (χ4v) is 2.16. The van der Waals surface area contributed by atoms with Crippen LogP contribution in [0.5, 0.6) is 0 Å². The molecule has 0 saturated heterocycles. The van der Waals surface area contributed by atoms with Gasteiger partial charge in [0.2, 0.25) is 0 Å². The number of rotatable bonds is 3. The van der Waals surface area contributed by atoms with Crippen LogP contribution in [0, 0.1) is 0 Å². The van der Waals surface area contributed by atoms with Crippen molar-refractivity contribution in [1.82, 2.24) is 9.59 Å². The van der Waals surface area contributed by atoms with Crippen LogP contribution in [0.3, 0.4) is 0 Å². The Hall–Kier alpha value is -1.01. The quantitative estimate of drug-likeness (QED) is 0.719. The fraction of sp³-hybridized carbons (Fsp3) is 0.625. The van der Waals surface area contributed by atoms with E-state index >= 15 is 0 Å². The Balaban J connectivity index is 2.21. The molecule has 1 heterocycles. The zero-order valence-corrected chi connectivity index (χ0v) is 8.58. The molecule has 1 aliphatic carbocycles. The smallest absolute Gasteiger partial charge is 0.323 e. The van der Waals surface area contributed by atoms with E-state index in [0.717, 1.165) is 18.5 Å². The highest BCUT2D eigenvalue weighted by Crippen LogP contribution is 2.49. The van der Waals surface area contributed by atoms with Gasteiger partial charge in [-0.1, -0.05) is 4.49 Å². The minimum atomic E-state index is -0.614. The lowest BCUT2D eigenvalue weighted by molar-refractivity contribution is -0.143. The van der Waals surface area contributed by atoms with Crippen molar-refractivity contribution < 1.29 is 9.53 Å². The number of nitrogens with two attached hydrogens (primary N) is 1. The van der Waals surface area contributed by atoms with E-state index in [0.29, 0.717) is 0 Å². The molecule has 2 N–H and O–H groups in total. The number of hydrogen-bond donors (Lipinski definition) is 1. The van der Waals surface area contributed by atoms with Gasteiger partial charge in [0.05, 0.1) is 12.8 Å². The fourth-order valence-electron chi connectivity index (χ4n) is 1.60. The highest BCUT2D eigenvalue weighted by Gasteiger charge is 2.54. The average Bonchev–Trinajstić information content (AvgIpc) is 2.84. The summed E-state index contributed by atoms with van der Waals surface area (Å²) in [6.45, 7) is 0. The number of nitrogens with zero attached hydrogens (tertiary/aromatic N) is 2. The van der Waals surface area contributed by atoms with Gasteiger partial charge in [0.25, 0.3) is 0 Å². The van der Waals surface area contributed by atoms with Crippen LogP contribution < -0.4 is 5.73 Å². The van der Waals surface area contributed by atoms with Crippen LogP contribution in [0.25, 0.3) is 0 Å². The van der Waals surface area contributed by atoms with Crippen LogP contribution in [0.15, 0.2) is 5.38 Å². The molecule has 0 amide bonds. The van der Waals surface area contributed by atoms with Gasteiger partial charge in [-0.05, 0) is 24.4 Å². The lowest BCUT2D eigenvalue weighted by Gasteiger charge is -2.18. The van der Waals surface area contributed by atoms with Crippen LogP contribution in [-0.4, -0.2) is 28.7 Å². The van der Waals surface area contributed by atoms with Gasteiger partial charge in [-0.2, -0.15) is 0 Å². The molecule has 0 bridgehead atoms. The second-order valence-corrected chi connectivity index (χ2v) is 4.06. The standard InChI is InChI=1S/C8H11N3O2S/c1-13-7(12)6(9)8(2-3-8)5-4-14-11-10-5/h4,6H,2-3,9H2,1H3. The van der Waals surface area contributed by atoms with Crippen molar-refractivity contribution in [3.63, 3.8) is 0 Å². The maximum absolute atomic E-state index is 11.3. The molecule has 0 aliphatic heterocycles. The number of carbonyl (C=O) groups is 1. The largest absolute Gasteiger partial charge is 0.468 e. The molecule has 1 aliphatic rings. The molecule has 0 radical (unpaired) electrons. The van der Waals surface area contributed by atoms with Gasteiger partial charge in [0, 0.05) is 10.8 Å². The van der Waals surface area contributed by atoms with Gasteiger partial charge >= 0.3 is 5.97 Å². The summed E-state index contributed by atoms with van der Waals surface area (Å²) in [6, 6.07) is -0.614. The summed E-state index contributed by atoms with van der Waals surface area (Å²) in [7, 11) is 1.34. The van der Waals surface area contributed by atoms with E-state index in [4.69, 9.17) is 5.73 Å². The molecule has 1 aromatic rings. The molecule has 6 heteroatoms. The molecular weight excluding hydrogens is 202 g/mol. The molecule has 5 nitrogen and oxygen atoms in total. The Bertz CT molecular complexity index is 334. The van der Waals surface area contributed by atoms with E-state index < -0.39 is 6.04 Å². The second kappa shape index (κ2) is 3.29. The van der Waals surface area contributed by atoms with Crippen LogP contribution in [0.4, 0.5) is 0 Å². The number of aromatic nitrogens is 2. The Morgan fingerprint density at radius 2 is 2.50 bits per heavy atom. The summed E-state index contributed by atoms with van der Waals surface area (Å²) in [5.74, 6) is -0.379. The molecule has 1 aromatic heterocycles. The summed E-state index contributed by atoms with van der Waals surface area (Å²) in [5.41, 5.74) is 6.34. The highest BCUT2D eigenvalue weighted by molar-refractivity contribution is 7.03. The van der Waals surface area contributed by atoms with Crippen molar-refractivity contribution in [1.29, 1.82) is 0 Å². The Morgan fingerprint density at radius 3 is 2.93 bits per heavy atom. The monoisotopic (exact) mass is 213 g/mol. The summed E-state index contributed by atoms with van der Waals surface area (Å²) in [4.78, 5) is 11.3. The minimum Gasteiger partial charge on any atom is -0.468 e. The first-order valence-electron chi connectivity index (χ1n) is 4.31. The van der Waals surface area contributed by atoms with Crippen molar-refractivity contribution in [3.8, 4) is 0 Å². The third kappa shape index (κ3) is 1.31. The number of esters is 1. The van der Waals surface area contributed by atoms with E-state index in [9.17, 15) is 4.79 Å². The number of hydrogen-bond acceptors (Lipinski definition) is 6. The van der Waals surface area contributed by atoms with E-state index in [1.807, 2.05) is 5.38 Å². The number of methoxy groups -OCH3 is 1. The maximum Gasteiger partial charge on any atom is 0.323 e. The molecule has 1 atom stereocenters. The highest BCUT2D eigenvalue weighted by atomic mass is 32.1. The van der Waals surface area contributed by atoms with Crippen molar-refractivity contribution in [2.24, 2.45) is 5.73 Å². The van der Waals surface area contributed by atoms with Gasteiger partial charge in [0.1, 0.15) is 6.04 Å². The lowest BCUT2D eigenvalue weighted by Crippen LogP contribution is -2.43. The van der Waals surface area contributed by atoms with Crippen molar-refractivity contribution in [3.05, 3.63) is 11.1 Å². The molecule has 1 unspecified atom stereocenters. The van der Waals surface area contributed by atoms with Crippen molar-refractivity contribution in [2.45, 2.75) is 24.3 Å². The lowest BCUT2D eigenvalue weighted by atomic mass is 9.94. The van der Waals surface area contributed by atoms with Crippen molar-refractivity contribution in [2.75, 3.05) is 7.11 Å².